The summed E-state index contributed by atoms with van der Waals surface area (Å²) in [6, 6.07) is 13.2. The van der Waals surface area contributed by atoms with E-state index in [-0.39, 0.29) is 22.6 Å². The number of hydrogen-bond donors (Lipinski definition) is 1. The Hall–Kier alpha value is -4.01. The number of rotatable bonds is 4. The molecule has 1 heterocycles. The van der Waals surface area contributed by atoms with Gasteiger partial charge in [0.1, 0.15) is 5.70 Å². The Labute approximate surface area is 185 Å². The van der Waals surface area contributed by atoms with Gasteiger partial charge in [-0.1, -0.05) is 35.9 Å². The molecular formula is C24H15F5N2O2. The first-order valence-electron chi connectivity index (χ1n) is 9.65. The quantitative estimate of drug-likeness (QED) is 0.404. The molecule has 0 saturated heterocycles. The third kappa shape index (κ3) is 4.21. The highest BCUT2D eigenvalue weighted by Crippen LogP contribution is 2.37. The Bertz CT molecular complexity index is 1300. The fourth-order valence-electron chi connectivity index (χ4n) is 3.41. The van der Waals surface area contributed by atoms with Crippen LogP contribution in [-0.4, -0.2) is 11.8 Å². The molecule has 0 atom stereocenters. The van der Waals surface area contributed by atoms with E-state index < -0.39 is 35.2 Å². The average Bonchev–Trinajstić information content (AvgIpc) is 3.00. The maximum atomic E-state index is 13.7. The first kappa shape index (κ1) is 22.2. The van der Waals surface area contributed by atoms with E-state index in [1.165, 1.54) is 12.1 Å². The molecular weight excluding hydrogens is 443 g/mol. The summed E-state index contributed by atoms with van der Waals surface area (Å²) in [5.74, 6) is -4.07. The van der Waals surface area contributed by atoms with Crippen LogP contribution in [0.2, 0.25) is 0 Å². The fraction of sp³-hybridized carbons (Fsp3) is 0.0833. The number of amides is 2. The summed E-state index contributed by atoms with van der Waals surface area (Å²) in [7, 11) is 0. The number of benzene rings is 3. The van der Waals surface area contributed by atoms with Gasteiger partial charge in [-0.05, 0) is 42.8 Å². The van der Waals surface area contributed by atoms with Crippen molar-refractivity contribution in [2.75, 3.05) is 10.2 Å². The van der Waals surface area contributed by atoms with Crippen LogP contribution in [0.5, 0.6) is 0 Å². The van der Waals surface area contributed by atoms with E-state index in [1.807, 2.05) is 6.92 Å². The van der Waals surface area contributed by atoms with Crippen molar-refractivity contribution in [1.29, 1.82) is 0 Å². The van der Waals surface area contributed by atoms with Gasteiger partial charge in [-0.15, -0.1) is 0 Å². The van der Waals surface area contributed by atoms with Crippen LogP contribution in [0, 0.1) is 18.6 Å². The number of carbonyl (C=O) groups excluding carboxylic acids is 2. The van der Waals surface area contributed by atoms with Gasteiger partial charge in [-0.2, -0.15) is 13.2 Å². The van der Waals surface area contributed by atoms with Gasteiger partial charge in [-0.25, -0.2) is 13.7 Å². The molecule has 4 nitrogen and oxygen atoms in total. The van der Waals surface area contributed by atoms with Crippen LogP contribution in [0.15, 0.2) is 72.4 Å². The maximum absolute atomic E-state index is 13.7. The molecule has 3 aromatic rings. The second-order valence-corrected chi connectivity index (χ2v) is 7.36. The zero-order valence-electron chi connectivity index (χ0n) is 17.0. The predicted octanol–water partition coefficient (Wildman–Crippen LogP) is 5.69. The van der Waals surface area contributed by atoms with Crippen molar-refractivity contribution in [2.45, 2.75) is 13.1 Å². The lowest BCUT2D eigenvalue weighted by Gasteiger charge is -2.17. The van der Waals surface area contributed by atoms with E-state index in [4.69, 9.17) is 0 Å². The third-order valence-corrected chi connectivity index (χ3v) is 5.04. The molecule has 2 amide bonds. The summed E-state index contributed by atoms with van der Waals surface area (Å²) in [5.41, 5.74) is -0.486. The molecule has 4 rings (SSSR count). The van der Waals surface area contributed by atoms with Crippen molar-refractivity contribution in [1.82, 2.24) is 0 Å². The molecule has 0 bridgehead atoms. The number of aryl methyl sites for hydroxylation is 1. The smallest absolute Gasteiger partial charge is 0.350 e. The Balaban J connectivity index is 1.82. The number of halogens is 5. The van der Waals surface area contributed by atoms with E-state index in [1.54, 1.807) is 24.3 Å². The van der Waals surface area contributed by atoms with Gasteiger partial charge < -0.3 is 5.32 Å². The molecule has 9 heteroatoms. The maximum Gasteiger partial charge on any atom is 0.416 e. The van der Waals surface area contributed by atoms with Gasteiger partial charge in [-0.3, -0.25) is 9.59 Å². The lowest BCUT2D eigenvalue weighted by molar-refractivity contribution is -0.137. The highest BCUT2D eigenvalue weighted by molar-refractivity contribution is 6.46. The average molecular weight is 458 g/mol. The number of nitrogens with zero attached hydrogens (tertiary/aromatic N) is 1. The van der Waals surface area contributed by atoms with Crippen molar-refractivity contribution >= 4 is 28.8 Å². The van der Waals surface area contributed by atoms with Gasteiger partial charge in [0.15, 0.2) is 11.6 Å². The molecule has 168 valence electrons. The van der Waals surface area contributed by atoms with Gasteiger partial charge in [0.2, 0.25) is 0 Å². The zero-order chi connectivity index (χ0) is 23.9. The SMILES string of the molecule is Cc1ccc(C2=C(Nc3ccc(F)c(F)c3)C(=O)N(c3cccc(C(F)(F)F)c3)C2=O)cc1. The number of anilines is 2. The second kappa shape index (κ2) is 8.16. The third-order valence-electron chi connectivity index (χ3n) is 5.04. The predicted molar refractivity (Wildman–Crippen MR) is 112 cm³/mol. The minimum atomic E-state index is -4.68. The molecule has 0 radical (unpaired) electrons. The number of carbonyl (C=O) groups is 2. The number of alkyl halides is 3. The summed E-state index contributed by atoms with van der Waals surface area (Å²) in [5, 5.41) is 2.64. The highest BCUT2D eigenvalue weighted by Gasteiger charge is 2.41. The van der Waals surface area contributed by atoms with Gasteiger partial charge in [0.05, 0.1) is 16.8 Å². The molecule has 1 N–H and O–H groups in total. The van der Waals surface area contributed by atoms with E-state index in [9.17, 15) is 31.5 Å². The Morgan fingerprint density at radius 1 is 0.818 bits per heavy atom. The highest BCUT2D eigenvalue weighted by atomic mass is 19.4. The summed E-state index contributed by atoms with van der Waals surface area (Å²) < 4.78 is 66.6. The van der Waals surface area contributed by atoms with Crippen molar-refractivity contribution < 1.29 is 31.5 Å². The van der Waals surface area contributed by atoms with Gasteiger partial charge >= 0.3 is 6.18 Å². The lowest BCUT2D eigenvalue weighted by Crippen LogP contribution is -2.32. The summed E-state index contributed by atoms with van der Waals surface area (Å²) in [4.78, 5) is 27.1. The molecule has 3 aromatic carbocycles. The molecule has 0 saturated carbocycles. The molecule has 0 unspecified atom stereocenters. The normalized spacial score (nSPS) is 14.3. The van der Waals surface area contributed by atoms with Crippen LogP contribution < -0.4 is 10.2 Å². The number of imide groups is 1. The van der Waals surface area contributed by atoms with E-state index >= 15 is 0 Å². The molecule has 0 fully saturated rings. The van der Waals surface area contributed by atoms with Crippen LogP contribution in [-0.2, 0) is 15.8 Å². The van der Waals surface area contributed by atoms with Crippen molar-refractivity contribution in [3.63, 3.8) is 0 Å². The first-order chi connectivity index (χ1) is 15.6. The van der Waals surface area contributed by atoms with Crippen molar-refractivity contribution in [3.05, 3.63) is 101 Å². The Morgan fingerprint density at radius 2 is 1.52 bits per heavy atom. The van der Waals surface area contributed by atoms with Crippen LogP contribution >= 0.6 is 0 Å². The summed E-state index contributed by atoms with van der Waals surface area (Å²) in [6.07, 6.45) is -4.68. The van der Waals surface area contributed by atoms with E-state index in [2.05, 4.69) is 5.32 Å². The Kier molecular flexibility index (Phi) is 5.49. The fourth-order valence-corrected chi connectivity index (χ4v) is 3.41. The van der Waals surface area contributed by atoms with Gasteiger partial charge in [0.25, 0.3) is 11.8 Å². The standard InChI is InChI=1S/C24H15F5N2O2/c1-13-5-7-14(8-6-13)20-21(30-16-9-10-18(25)19(26)12-16)23(33)31(22(20)32)17-4-2-3-15(11-17)24(27,28)29/h2-12,30H,1H3. The van der Waals surface area contributed by atoms with Gasteiger partial charge in [0, 0.05) is 11.8 Å². The molecule has 33 heavy (non-hydrogen) atoms. The minimum absolute atomic E-state index is 0.0134. The minimum Gasteiger partial charge on any atom is -0.350 e. The number of nitrogens with one attached hydrogen (secondary N) is 1. The van der Waals surface area contributed by atoms with Crippen molar-refractivity contribution in [2.24, 2.45) is 0 Å². The van der Waals surface area contributed by atoms with Crippen LogP contribution in [0.3, 0.4) is 0 Å². The molecule has 0 spiro atoms. The molecule has 1 aliphatic heterocycles. The second-order valence-electron chi connectivity index (χ2n) is 7.36. The first-order valence-corrected chi connectivity index (χ1v) is 9.65. The Morgan fingerprint density at radius 3 is 2.15 bits per heavy atom. The number of hydrogen-bond acceptors (Lipinski definition) is 3. The molecule has 0 aromatic heterocycles. The zero-order valence-corrected chi connectivity index (χ0v) is 17.0. The van der Waals surface area contributed by atoms with Crippen molar-refractivity contribution in [3.8, 4) is 0 Å². The largest absolute Gasteiger partial charge is 0.416 e. The summed E-state index contributed by atoms with van der Waals surface area (Å²) in [6.45, 7) is 1.81. The lowest BCUT2D eigenvalue weighted by atomic mass is 10.0. The summed E-state index contributed by atoms with van der Waals surface area (Å²) >= 11 is 0. The van der Waals surface area contributed by atoms with Crippen LogP contribution in [0.1, 0.15) is 16.7 Å². The van der Waals surface area contributed by atoms with E-state index in [0.717, 1.165) is 29.8 Å². The van der Waals surface area contributed by atoms with E-state index in [0.29, 0.717) is 16.5 Å². The van der Waals surface area contributed by atoms with Crippen LogP contribution in [0.25, 0.3) is 5.57 Å². The molecule has 1 aliphatic rings. The molecule has 0 aliphatic carbocycles. The topological polar surface area (TPSA) is 49.4 Å². The van der Waals surface area contributed by atoms with Crippen LogP contribution in [0.4, 0.5) is 33.3 Å². The monoisotopic (exact) mass is 458 g/mol.